The van der Waals surface area contributed by atoms with Gasteiger partial charge in [0.05, 0.1) is 13.0 Å². The molecule has 1 fully saturated rings. The second-order valence-electron chi connectivity index (χ2n) is 5.69. The summed E-state index contributed by atoms with van der Waals surface area (Å²) in [5, 5.41) is 0. The summed E-state index contributed by atoms with van der Waals surface area (Å²) in [5.41, 5.74) is 4.97. The van der Waals surface area contributed by atoms with Crippen molar-refractivity contribution >= 4 is 11.5 Å². The summed E-state index contributed by atoms with van der Waals surface area (Å²) in [6.45, 7) is 0. The Balaban J connectivity index is 1.84. The number of hydrogen-bond donors (Lipinski definition) is 0. The predicted molar refractivity (Wildman–Crippen MR) is 81.7 cm³/mol. The van der Waals surface area contributed by atoms with E-state index >= 15 is 0 Å². The summed E-state index contributed by atoms with van der Waals surface area (Å²) in [4.78, 5) is 11.9. The lowest BCUT2D eigenvalue weighted by atomic mass is 9.87. The Hall–Kier alpha value is -2.35. The fraction of sp³-hybridized carbons (Fsp3) is 0.211. The lowest BCUT2D eigenvalue weighted by Crippen LogP contribution is -2.04. The Morgan fingerprint density at radius 1 is 1.00 bits per heavy atom. The molecule has 0 N–H and O–H groups in total. The van der Waals surface area contributed by atoms with Crippen molar-refractivity contribution in [2.75, 3.05) is 7.11 Å². The van der Waals surface area contributed by atoms with Crippen LogP contribution in [0, 0.1) is 11.8 Å². The maximum atomic E-state index is 11.9. The van der Waals surface area contributed by atoms with Gasteiger partial charge in [-0.2, -0.15) is 0 Å². The second-order valence-corrected chi connectivity index (χ2v) is 5.69. The van der Waals surface area contributed by atoms with E-state index in [1.807, 2.05) is 6.07 Å². The molecule has 0 unspecified atom stereocenters. The number of carbonyl (C=O) groups excluding carboxylic acids is 1. The largest absolute Gasteiger partial charge is 0.469 e. The van der Waals surface area contributed by atoms with Crippen LogP contribution in [0.5, 0.6) is 0 Å². The minimum Gasteiger partial charge on any atom is -0.469 e. The van der Waals surface area contributed by atoms with Gasteiger partial charge in [-0.25, -0.2) is 0 Å². The van der Waals surface area contributed by atoms with Crippen LogP contribution >= 0.6 is 0 Å². The van der Waals surface area contributed by atoms with E-state index in [0.29, 0.717) is 5.92 Å². The standard InChI is InChI=1S/C19H16O2/c1-21-19(20)18-16-11-15(12-7-3-2-4-8-12)13-9-5-6-10-14(13)17(16)18/h2-11,16-18H,1H3/t16-,17+,18-/m0/s1. The highest BCUT2D eigenvalue weighted by Crippen LogP contribution is 2.60. The van der Waals surface area contributed by atoms with Gasteiger partial charge in [-0.3, -0.25) is 4.79 Å². The van der Waals surface area contributed by atoms with Gasteiger partial charge in [0.1, 0.15) is 0 Å². The number of hydrogen-bond acceptors (Lipinski definition) is 2. The molecule has 0 radical (unpaired) electrons. The van der Waals surface area contributed by atoms with Crippen molar-refractivity contribution in [2.24, 2.45) is 11.8 Å². The molecular weight excluding hydrogens is 260 g/mol. The second kappa shape index (κ2) is 4.59. The molecule has 0 amide bonds. The predicted octanol–water partition coefficient (Wildman–Crippen LogP) is 3.63. The molecule has 0 saturated heterocycles. The van der Waals surface area contributed by atoms with Crippen LogP contribution in [0.1, 0.15) is 22.6 Å². The van der Waals surface area contributed by atoms with Crippen LogP contribution in [0.25, 0.3) is 5.57 Å². The molecule has 104 valence electrons. The summed E-state index contributed by atoms with van der Waals surface area (Å²) in [6.07, 6.45) is 2.25. The molecular formula is C19H16O2. The number of rotatable bonds is 2. The van der Waals surface area contributed by atoms with Crippen molar-refractivity contribution in [3.63, 3.8) is 0 Å². The molecule has 2 aromatic rings. The van der Waals surface area contributed by atoms with Crippen LogP contribution in [-0.4, -0.2) is 13.1 Å². The lowest BCUT2D eigenvalue weighted by Gasteiger charge is -2.17. The average molecular weight is 276 g/mol. The zero-order chi connectivity index (χ0) is 14.4. The van der Waals surface area contributed by atoms with Crippen molar-refractivity contribution < 1.29 is 9.53 Å². The van der Waals surface area contributed by atoms with Gasteiger partial charge in [0.2, 0.25) is 0 Å². The minimum absolute atomic E-state index is 0.0163. The van der Waals surface area contributed by atoms with E-state index in [0.717, 1.165) is 0 Å². The van der Waals surface area contributed by atoms with Gasteiger partial charge >= 0.3 is 5.97 Å². The minimum atomic E-state index is -0.0923. The Morgan fingerprint density at radius 2 is 1.71 bits per heavy atom. The first kappa shape index (κ1) is 12.4. The van der Waals surface area contributed by atoms with Gasteiger partial charge in [0.15, 0.2) is 0 Å². The topological polar surface area (TPSA) is 26.3 Å². The third kappa shape index (κ3) is 1.83. The van der Waals surface area contributed by atoms with Gasteiger partial charge < -0.3 is 4.74 Å². The van der Waals surface area contributed by atoms with Gasteiger partial charge in [-0.1, -0.05) is 60.7 Å². The third-order valence-electron chi connectivity index (χ3n) is 4.60. The maximum absolute atomic E-state index is 11.9. The van der Waals surface area contributed by atoms with Crippen LogP contribution in [0.15, 0.2) is 60.7 Å². The average Bonchev–Trinajstić information content (AvgIpc) is 3.29. The highest BCUT2D eigenvalue weighted by Gasteiger charge is 2.57. The summed E-state index contributed by atoms with van der Waals surface area (Å²) in [5.74, 6) is 0.464. The third-order valence-corrected chi connectivity index (χ3v) is 4.60. The SMILES string of the molecule is COC(=O)[C@H]1[C@H]2C=C(c3ccccc3)c3ccccc3[C@H]21. The number of fused-ring (bicyclic) bond motifs is 3. The van der Waals surface area contributed by atoms with E-state index < -0.39 is 0 Å². The monoisotopic (exact) mass is 276 g/mol. The highest BCUT2D eigenvalue weighted by atomic mass is 16.5. The Labute approximate surface area is 124 Å². The summed E-state index contributed by atoms with van der Waals surface area (Å²) >= 11 is 0. The van der Waals surface area contributed by atoms with E-state index in [4.69, 9.17) is 4.74 Å². The van der Waals surface area contributed by atoms with Crippen LogP contribution in [0.3, 0.4) is 0 Å². The van der Waals surface area contributed by atoms with Crippen molar-refractivity contribution in [3.05, 3.63) is 77.4 Å². The summed E-state index contributed by atoms with van der Waals surface area (Å²) in [6, 6.07) is 18.8. The molecule has 2 heteroatoms. The molecule has 2 aromatic carbocycles. The van der Waals surface area contributed by atoms with Gasteiger partial charge in [-0.15, -0.1) is 0 Å². The first-order valence-corrected chi connectivity index (χ1v) is 7.25. The van der Waals surface area contributed by atoms with Crippen LogP contribution in [0.4, 0.5) is 0 Å². The van der Waals surface area contributed by atoms with E-state index in [-0.39, 0.29) is 17.8 Å². The maximum Gasteiger partial charge on any atom is 0.309 e. The van der Waals surface area contributed by atoms with E-state index in [1.54, 1.807) is 0 Å². The molecule has 0 aliphatic heterocycles. The normalized spacial score (nSPS) is 25.4. The zero-order valence-electron chi connectivity index (χ0n) is 11.8. The van der Waals surface area contributed by atoms with Crippen LogP contribution < -0.4 is 0 Å². The molecule has 3 atom stereocenters. The van der Waals surface area contributed by atoms with Crippen molar-refractivity contribution in [1.82, 2.24) is 0 Å². The molecule has 0 bridgehead atoms. The molecule has 2 nitrogen and oxygen atoms in total. The van der Waals surface area contributed by atoms with Gasteiger partial charge in [0.25, 0.3) is 0 Å². The van der Waals surface area contributed by atoms with E-state index in [9.17, 15) is 4.79 Å². The number of carbonyl (C=O) groups is 1. The Bertz CT molecular complexity index is 730. The fourth-order valence-corrected chi connectivity index (χ4v) is 3.57. The molecule has 4 rings (SSSR count). The van der Waals surface area contributed by atoms with Gasteiger partial charge in [-0.05, 0) is 28.2 Å². The molecule has 2 aliphatic rings. The van der Waals surface area contributed by atoms with E-state index in [1.165, 1.54) is 29.4 Å². The fourth-order valence-electron chi connectivity index (χ4n) is 3.57. The number of esters is 1. The molecule has 1 saturated carbocycles. The number of methoxy groups -OCH3 is 1. The van der Waals surface area contributed by atoms with Crippen LogP contribution in [-0.2, 0) is 9.53 Å². The number of benzene rings is 2. The van der Waals surface area contributed by atoms with Crippen molar-refractivity contribution in [1.29, 1.82) is 0 Å². The van der Waals surface area contributed by atoms with E-state index in [2.05, 4.69) is 54.6 Å². The summed E-state index contributed by atoms with van der Waals surface area (Å²) in [7, 11) is 1.47. The zero-order valence-corrected chi connectivity index (χ0v) is 11.8. The summed E-state index contributed by atoms with van der Waals surface area (Å²) < 4.78 is 4.95. The Kier molecular flexibility index (Phi) is 2.71. The quantitative estimate of drug-likeness (QED) is 0.783. The number of ether oxygens (including phenoxy) is 1. The van der Waals surface area contributed by atoms with Crippen LogP contribution in [0.2, 0.25) is 0 Å². The van der Waals surface area contributed by atoms with Crippen molar-refractivity contribution in [2.45, 2.75) is 5.92 Å². The number of allylic oxidation sites excluding steroid dienone is 1. The lowest BCUT2D eigenvalue weighted by molar-refractivity contribution is -0.142. The van der Waals surface area contributed by atoms with Crippen molar-refractivity contribution in [3.8, 4) is 0 Å². The first-order chi connectivity index (χ1) is 10.3. The molecule has 0 spiro atoms. The Morgan fingerprint density at radius 3 is 2.48 bits per heavy atom. The molecule has 0 heterocycles. The van der Waals surface area contributed by atoms with Gasteiger partial charge in [0, 0.05) is 5.92 Å². The highest BCUT2D eigenvalue weighted by molar-refractivity contribution is 5.89. The smallest absolute Gasteiger partial charge is 0.309 e. The molecule has 21 heavy (non-hydrogen) atoms. The molecule has 0 aromatic heterocycles. The molecule has 2 aliphatic carbocycles. The first-order valence-electron chi connectivity index (χ1n) is 7.25.